The van der Waals surface area contributed by atoms with Crippen LogP contribution in [0, 0.1) is 41.1 Å². The van der Waals surface area contributed by atoms with Gasteiger partial charge in [0.15, 0.2) is 0 Å². The molecule has 0 aliphatic carbocycles. The van der Waals surface area contributed by atoms with Crippen LogP contribution in [0.1, 0.15) is 20.8 Å². The maximum atomic E-state index is 3.27. The highest BCUT2D eigenvalue weighted by Gasteiger charge is 2.03. The highest BCUT2D eigenvalue weighted by molar-refractivity contribution is 5.36. The third-order valence-corrected chi connectivity index (χ3v) is 1.96. The quantitative estimate of drug-likeness (QED) is 0.603. The fourth-order valence-corrected chi connectivity index (χ4v) is 1.16. The lowest BCUT2D eigenvalue weighted by Gasteiger charge is -2.22. The van der Waals surface area contributed by atoms with Crippen LogP contribution < -0.4 is 5.32 Å². The van der Waals surface area contributed by atoms with E-state index in [4.69, 9.17) is 0 Å². The Labute approximate surface area is 98.8 Å². The van der Waals surface area contributed by atoms with E-state index < -0.39 is 0 Å². The molecule has 16 heavy (non-hydrogen) atoms. The molecule has 0 unspecified atom stereocenters. The minimum Gasteiger partial charge on any atom is -0.329 e. The van der Waals surface area contributed by atoms with Crippen molar-refractivity contribution in [3.63, 3.8) is 0 Å². The lowest BCUT2D eigenvalue weighted by Crippen LogP contribution is -2.40. The van der Waals surface area contributed by atoms with E-state index in [9.17, 15) is 0 Å². The topological polar surface area (TPSA) is 15.3 Å². The average molecular weight is 214 g/mol. The van der Waals surface area contributed by atoms with Gasteiger partial charge in [0.1, 0.15) is 0 Å². The van der Waals surface area contributed by atoms with Gasteiger partial charge in [0.25, 0.3) is 0 Å². The summed E-state index contributed by atoms with van der Waals surface area (Å²) in [5, 5.41) is 3.27. The summed E-state index contributed by atoms with van der Waals surface area (Å²) in [4.78, 5) is 2.09. The van der Waals surface area contributed by atoms with Gasteiger partial charge in [0.05, 0.1) is 0 Å². The Balaban J connectivity index is 2.41. The fraction of sp³-hybridized carbons (Fsp3) is 0.571. The van der Waals surface area contributed by atoms with Crippen molar-refractivity contribution in [2.24, 2.45) is 5.41 Å². The lowest BCUT2D eigenvalue weighted by atomic mass is 9.98. The Hall–Kier alpha value is -1.56. The molecule has 1 saturated heterocycles. The first-order valence-corrected chi connectivity index (χ1v) is 5.56. The van der Waals surface area contributed by atoms with Crippen molar-refractivity contribution in [2.45, 2.75) is 20.8 Å². The third kappa shape index (κ3) is 6.02. The van der Waals surface area contributed by atoms with Crippen molar-refractivity contribution in [2.75, 3.05) is 26.2 Å². The second kappa shape index (κ2) is 6.12. The van der Waals surface area contributed by atoms with Gasteiger partial charge >= 0.3 is 0 Å². The SMILES string of the molecule is CC(C)(C)C#CC#CC#CN1CCNCC1. The van der Waals surface area contributed by atoms with E-state index in [1.807, 2.05) is 0 Å². The Morgan fingerprint density at radius 2 is 1.56 bits per heavy atom. The van der Waals surface area contributed by atoms with Crippen molar-refractivity contribution >= 4 is 0 Å². The zero-order valence-electron chi connectivity index (χ0n) is 10.3. The predicted octanol–water partition coefficient (Wildman–Crippen LogP) is 0.905. The normalized spacial score (nSPS) is 14.8. The molecule has 0 spiro atoms. The van der Waals surface area contributed by atoms with E-state index in [2.05, 4.69) is 66.6 Å². The van der Waals surface area contributed by atoms with E-state index in [0.717, 1.165) is 26.2 Å². The molecule has 0 aromatic rings. The molecule has 1 N–H and O–H groups in total. The summed E-state index contributed by atoms with van der Waals surface area (Å²) in [6.07, 6.45) is 0. The molecule has 2 heteroatoms. The largest absolute Gasteiger partial charge is 0.329 e. The maximum Gasteiger partial charge on any atom is 0.0386 e. The molecule has 1 aliphatic rings. The van der Waals surface area contributed by atoms with Gasteiger partial charge in [-0.05, 0) is 32.6 Å². The van der Waals surface area contributed by atoms with Crippen molar-refractivity contribution in [1.29, 1.82) is 0 Å². The Morgan fingerprint density at radius 3 is 2.19 bits per heavy atom. The molecule has 1 fully saturated rings. The molecule has 0 bridgehead atoms. The highest BCUT2D eigenvalue weighted by Crippen LogP contribution is 2.09. The summed E-state index contributed by atoms with van der Waals surface area (Å²) in [7, 11) is 0. The zero-order valence-corrected chi connectivity index (χ0v) is 10.3. The maximum absolute atomic E-state index is 3.27. The van der Waals surface area contributed by atoms with E-state index in [-0.39, 0.29) is 5.41 Å². The zero-order chi connectivity index (χ0) is 11.9. The van der Waals surface area contributed by atoms with E-state index in [0.29, 0.717) is 0 Å². The predicted molar refractivity (Wildman–Crippen MR) is 67.2 cm³/mol. The van der Waals surface area contributed by atoms with Crippen LogP contribution >= 0.6 is 0 Å². The summed E-state index contributed by atoms with van der Waals surface area (Å²) >= 11 is 0. The fourth-order valence-electron chi connectivity index (χ4n) is 1.16. The van der Waals surface area contributed by atoms with E-state index >= 15 is 0 Å². The molecule has 2 nitrogen and oxygen atoms in total. The third-order valence-electron chi connectivity index (χ3n) is 1.96. The van der Waals surface area contributed by atoms with Crippen LogP contribution in [0.4, 0.5) is 0 Å². The number of rotatable bonds is 0. The number of nitrogens with one attached hydrogen (secondary N) is 1. The number of hydrogen-bond donors (Lipinski definition) is 1. The second-order valence-corrected chi connectivity index (χ2v) is 4.72. The first-order valence-electron chi connectivity index (χ1n) is 5.56. The molecule has 0 saturated carbocycles. The smallest absolute Gasteiger partial charge is 0.0386 e. The van der Waals surface area contributed by atoms with E-state index in [1.54, 1.807) is 0 Å². The summed E-state index contributed by atoms with van der Waals surface area (Å²) in [5.74, 6) is 14.2. The standard InChI is InChI=1S/C14H18N2/c1-14(2,3)8-6-4-5-7-11-16-12-9-15-10-13-16/h15H,9-10,12-13H2,1-3H3. The molecule has 84 valence electrons. The van der Waals surface area contributed by atoms with Crippen molar-refractivity contribution < 1.29 is 0 Å². The van der Waals surface area contributed by atoms with Crippen LogP contribution in [0.25, 0.3) is 0 Å². The first kappa shape index (κ1) is 12.5. The van der Waals surface area contributed by atoms with Crippen LogP contribution in [0.5, 0.6) is 0 Å². The van der Waals surface area contributed by atoms with Gasteiger partial charge in [-0.1, -0.05) is 5.92 Å². The minimum absolute atomic E-state index is 0.0145. The Morgan fingerprint density at radius 1 is 0.938 bits per heavy atom. The second-order valence-electron chi connectivity index (χ2n) is 4.72. The highest BCUT2D eigenvalue weighted by atomic mass is 15.2. The molecule has 1 rings (SSSR count). The van der Waals surface area contributed by atoms with Crippen molar-refractivity contribution in [3.8, 4) is 35.6 Å². The molecule has 0 amide bonds. The van der Waals surface area contributed by atoms with Gasteiger partial charge in [-0.25, -0.2) is 0 Å². The van der Waals surface area contributed by atoms with Crippen LogP contribution in [0.3, 0.4) is 0 Å². The van der Waals surface area contributed by atoms with Crippen LogP contribution in [0.2, 0.25) is 0 Å². The van der Waals surface area contributed by atoms with Crippen LogP contribution in [0.15, 0.2) is 0 Å². The number of hydrogen-bond acceptors (Lipinski definition) is 2. The number of nitrogens with zero attached hydrogens (tertiary/aromatic N) is 1. The first-order chi connectivity index (χ1) is 7.58. The molecule has 1 aliphatic heterocycles. The van der Waals surface area contributed by atoms with Gasteiger partial charge < -0.3 is 10.2 Å². The molecule has 0 aromatic carbocycles. The van der Waals surface area contributed by atoms with Crippen LogP contribution in [-0.4, -0.2) is 31.1 Å². The van der Waals surface area contributed by atoms with E-state index in [1.165, 1.54) is 0 Å². The van der Waals surface area contributed by atoms with Gasteiger partial charge in [-0.15, -0.1) is 0 Å². The van der Waals surface area contributed by atoms with Gasteiger partial charge in [-0.2, -0.15) is 0 Å². The van der Waals surface area contributed by atoms with Crippen molar-refractivity contribution in [3.05, 3.63) is 0 Å². The summed E-state index contributed by atoms with van der Waals surface area (Å²) in [6.45, 7) is 10.2. The molecule has 1 heterocycles. The van der Waals surface area contributed by atoms with Crippen LogP contribution in [-0.2, 0) is 0 Å². The monoisotopic (exact) mass is 214 g/mol. The molecular weight excluding hydrogens is 196 g/mol. The Bertz CT molecular complexity index is 390. The Kier molecular flexibility index (Phi) is 4.78. The van der Waals surface area contributed by atoms with Gasteiger partial charge in [-0.3, -0.25) is 0 Å². The average Bonchev–Trinajstić information content (AvgIpc) is 2.23. The molecule has 0 atom stereocenters. The van der Waals surface area contributed by atoms with Crippen molar-refractivity contribution in [1.82, 2.24) is 10.2 Å². The summed E-state index contributed by atoms with van der Waals surface area (Å²) in [5.41, 5.74) is 0.0145. The molecular formula is C14H18N2. The molecule has 0 radical (unpaired) electrons. The minimum atomic E-state index is 0.0145. The van der Waals surface area contributed by atoms with Gasteiger partial charge in [0, 0.05) is 49.5 Å². The number of piperazine rings is 1. The lowest BCUT2D eigenvalue weighted by molar-refractivity contribution is 0.342. The summed E-state index contributed by atoms with van der Waals surface area (Å²) < 4.78 is 0. The molecule has 0 aromatic heterocycles. The van der Waals surface area contributed by atoms with Gasteiger partial charge in [0.2, 0.25) is 0 Å². The summed E-state index contributed by atoms with van der Waals surface area (Å²) in [6, 6.07) is 3.02.